The highest BCUT2D eigenvalue weighted by Crippen LogP contribution is 2.32. The number of rotatable bonds is 4. The number of halogens is 2. The fourth-order valence-electron chi connectivity index (χ4n) is 2.41. The quantitative estimate of drug-likeness (QED) is 0.806. The van der Waals surface area contributed by atoms with Crippen LogP contribution >= 0.6 is 35.0 Å². The summed E-state index contributed by atoms with van der Waals surface area (Å²) in [5.74, 6) is -0.382. The maximum absolute atomic E-state index is 12.4. The van der Waals surface area contributed by atoms with Crippen molar-refractivity contribution < 1.29 is 9.59 Å². The number of thioether (sulfide) groups is 1. The largest absolute Gasteiger partial charge is 0.326 e. The Balaban J connectivity index is 1.70. The number of hydrogen-bond donors (Lipinski definition) is 1. The molecule has 0 unspecified atom stereocenters. The van der Waals surface area contributed by atoms with E-state index in [9.17, 15) is 9.59 Å². The summed E-state index contributed by atoms with van der Waals surface area (Å²) >= 11 is 13.2. The second-order valence-electron chi connectivity index (χ2n) is 5.64. The molecule has 26 heavy (non-hydrogen) atoms. The highest BCUT2D eigenvalue weighted by Gasteiger charge is 2.37. The van der Waals surface area contributed by atoms with Crippen molar-refractivity contribution in [3.63, 3.8) is 0 Å². The maximum atomic E-state index is 12.4. The molecular weight excluding hydrogens is 393 g/mol. The van der Waals surface area contributed by atoms with Gasteiger partial charge in [0.1, 0.15) is 5.25 Å². The topological polar surface area (TPSA) is 61.8 Å². The molecule has 1 N–H and O–H groups in total. The minimum Gasteiger partial charge on any atom is -0.326 e. The molecule has 0 radical (unpaired) electrons. The second-order valence-corrected chi connectivity index (χ2v) is 7.69. The standard InChI is InChI=1S/C18H15Cl2N3O2S/c1-23-17(25)15(10-16(24)21-13-5-3-2-4-6-13)26-18(23)22-14-8-11(19)7-12(20)9-14/h2-9,15H,10H2,1H3,(H,21,24)/t15-/m0/s1. The fourth-order valence-corrected chi connectivity index (χ4v) is 4.08. The number of para-hydroxylation sites is 1. The van der Waals surface area contributed by atoms with E-state index in [0.29, 0.717) is 26.6 Å². The molecule has 0 aromatic heterocycles. The van der Waals surface area contributed by atoms with Crippen molar-refractivity contribution in [3.8, 4) is 0 Å². The van der Waals surface area contributed by atoms with Crippen LogP contribution in [0.5, 0.6) is 0 Å². The van der Waals surface area contributed by atoms with Crippen LogP contribution in [-0.4, -0.2) is 34.2 Å². The van der Waals surface area contributed by atoms with E-state index < -0.39 is 5.25 Å². The molecule has 0 bridgehead atoms. The molecule has 1 heterocycles. The van der Waals surface area contributed by atoms with Crippen molar-refractivity contribution in [2.24, 2.45) is 4.99 Å². The Morgan fingerprint density at radius 2 is 1.85 bits per heavy atom. The molecule has 0 aliphatic carbocycles. The number of benzene rings is 2. The van der Waals surface area contributed by atoms with Crippen LogP contribution in [0.1, 0.15) is 6.42 Å². The molecule has 2 aromatic rings. The molecular formula is C18H15Cl2N3O2S. The van der Waals surface area contributed by atoms with Crippen LogP contribution in [-0.2, 0) is 9.59 Å². The van der Waals surface area contributed by atoms with Crippen LogP contribution in [0.4, 0.5) is 11.4 Å². The third-order valence-corrected chi connectivity index (χ3v) is 5.31. The molecule has 2 aromatic carbocycles. The smallest absolute Gasteiger partial charge is 0.242 e. The van der Waals surface area contributed by atoms with E-state index in [-0.39, 0.29) is 18.2 Å². The Morgan fingerprint density at radius 1 is 1.19 bits per heavy atom. The molecule has 134 valence electrons. The van der Waals surface area contributed by atoms with Crippen LogP contribution in [0.2, 0.25) is 10.0 Å². The predicted molar refractivity (Wildman–Crippen MR) is 107 cm³/mol. The lowest BCUT2D eigenvalue weighted by Crippen LogP contribution is -2.30. The summed E-state index contributed by atoms with van der Waals surface area (Å²) in [5.41, 5.74) is 1.25. The van der Waals surface area contributed by atoms with E-state index >= 15 is 0 Å². The Hall–Kier alpha value is -2.02. The van der Waals surface area contributed by atoms with Gasteiger partial charge in [-0.1, -0.05) is 53.2 Å². The number of aliphatic imine (C=N–C) groups is 1. The Bertz CT molecular complexity index is 854. The number of hydrogen-bond acceptors (Lipinski definition) is 4. The minimum atomic E-state index is -0.517. The monoisotopic (exact) mass is 407 g/mol. The van der Waals surface area contributed by atoms with Gasteiger partial charge in [-0.15, -0.1) is 0 Å². The first-order valence-electron chi connectivity index (χ1n) is 7.76. The van der Waals surface area contributed by atoms with Gasteiger partial charge < -0.3 is 5.32 Å². The summed E-state index contributed by atoms with van der Waals surface area (Å²) in [6.45, 7) is 0. The Morgan fingerprint density at radius 3 is 2.50 bits per heavy atom. The number of carbonyl (C=O) groups is 2. The number of nitrogens with zero attached hydrogens (tertiary/aromatic N) is 2. The molecule has 8 heteroatoms. The number of amidine groups is 1. The van der Waals surface area contributed by atoms with Gasteiger partial charge in [-0.25, -0.2) is 4.99 Å². The van der Waals surface area contributed by atoms with Gasteiger partial charge in [-0.3, -0.25) is 14.5 Å². The zero-order valence-electron chi connectivity index (χ0n) is 13.8. The van der Waals surface area contributed by atoms with Gasteiger partial charge in [0.25, 0.3) is 0 Å². The van der Waals surface area contributed by atoms with E-state index in [1.165, 1.54) is 16.7 Å². The van der Waals surface area contributed by atoms with Crippen molar-refractivity contribution >= 4 is 63.3 Å². The van der Waals surface area contributed by atoms with Crippen molar-refractivity contribution in [1.29, 1.82) is 0 Å². The van der Waals surface area contributed by atoms with Crippen LogP contribution in [0.15, 0.2) is 53.5 Å². The van der Waals surface area contributed by atoms with Crippen molar-refractivity contribution in [2.45, 2.75) is 11.7 Å². The van der Waals surface area contributed by atoms with Gasteiger partial charge in [0.05, 0.1) is 5.69 Å². The summed E-state index contributed by atoms with van der Waals surface area (Å²) in [5, 5.41) is 3.71. The van der Waals surface area contributed by atoms with E-state index in [1.807, 2.05) is 18.2 Å². The Labute approximate surface area is 165 Å². The average molecular weight is 408 g/mol. The molecule has 3 rings (SSSR count). The maximum Gasteiger partial charge on any atom is 0.242 e. The van der Waals surface area contributed by atoms with Crippen molar-refractivity contribution in [2.75, 3.05) is 12.4 Å². The van der Waals surface area contributed by atoms with Crippen molar-refractivity contribution in [1.82, 2.24) is 4.90 Å². The molecule has 1 atom stereocenters. The SMILES string of the molecule is CN1C(=O)[C@H](CC(=O)Nc2ccccc2)SC1=Nc1cc(Cl)cc(Cl)c1. The van der Waals surface area contributed by atoms with Gasteiger partial charge in [0, 0.05) is 29.2 Å². The summed E-state index contributed by atoms with van der Waals surface area (Å²) in [6.07, 6.45) is 0.0675. The molecule has 0 spiro atoms. The molecule has 1 aliphatic rings. The van der Waals surface area contributed by atoms with Gasteiger partial charge in [-0.05, 0) is 30.3 Å². The molecule has 1 aliphatic heterocycles. The summed E-state index contributed by atoms with van der Waals surface area (Å²) in [6, 6.07) is 14.1. The first kappa shape index (κ1) is 18.8. The van der Waals surface area contributed by atoms with Crippen molar-refractivity contribution in [3.05, 3.63) is 58.6 Å². The second kappa shape index (κ2) is 8.12. The fraction of sp³-hybridized carbons (Fsp3) is 0.167. The highest BCUT2D eigenvalue weighted by atomic mass is 35.5. The van der Waals surface area contributed by atoms with Crippen LogP contribution in [0, 0.1) is 0 Å². The molecule has 1 fully saturated rings. The van der Waals surface area contributed by atoms with Crippen LogP contribution in [0.25, 0.3) is 0 Å². The predicted octanol–water partition coefficient (Wildman–Crippen LogP) is 4.58. The minimum absolute atomic E-state index is 0.0675. The number of carbonyl (C=O) groups excluding carboxylic acids is 2. The van der Waals surface area contributed by atoms with Gasteiger partial charge in [0.2, 0.25) is 11.8 Å². The highest BCUT2D eigenvalue weighted by molar-refractivity contribution is 8.15. The first-order valence-corrected chi connectivity index (χ1v) is 9.40. The normalized spacial score (nSPS) is 18.4. The molecule has 2 amide bonds. The third-order valence-electron chi connectivity index (χ3n) is 3.64. The molecule has 0 saturated carbocycles. The number of anilines is 1. The lowest BCUT2D eigenvalue weighted by atomic mass is 10.2. The van der Waals surface area contributed by atoms with E-state index in [0.717, 1.165) is 0 Å². The summed E-state index contributed by atoms with van der Waals surface area (Å²) in [4.78, 5) is 30.5. The summed E-state index contributed by atoms with van der Waals surface area (Å²) in [7, 11) is 1.63. The number of amides is 2. The Kier molecular flexibility index (Phi) is 5.86. The zero-order valence-corrected chi connectivity index (χ0v) is 16.1. The van der Waals surface area contributed by atoms with Gasteiger partial charge in [-0.2, -0.15) is 0 Å². The average Bonchev–Trinajstić information content (AvgIpc) is 2.83. The van der Waals surface area contributed by atoms with Gasteiger partial charge >= 0.3 is 0 Å². The lowest BCUT2D eigenvalue weighted by molar-refractivity contribution is -0.127. The third kappa shape index (κ3) is 4.58. The van der Waals surface area contributed by atoms with Crippen LogP contribution < -0.4 is 5.32 Å². The first-order chi connectivity index (χ1) is 12.4. The summed E-state index contributed by atoms with van der Waals surface area (Å²) < 4.78 is 0. The zero-order chi connectivity index (χ0) is 18.7. The molecule has 5 nitrogen and oxygen atoms in total. The van der Waals surface area contributed by atoms with E-state index in [4.69, 9.17) is 23.2 Å². The number of nitrogens with one attached hydrogen (secondary N) is 1. The van der Waals surface area contributed by atoms with Gasteiger partial charge in [0.15, 0.2) is 5.17 Å². The van der Waals surface area contributed by atoms with E-state index in [2.05, 4.69) is 10.3 Å². The lowest BCUT2D eigenvalue weighted by Gasteiger charge is -2.09. The van der Waals surface area contributed by atoms with E-state index in [1.54, 1.807) is 37.4 Å². The molecule has 1 saturated heterocycles. The van der Waals surface area contributed by atoms with Crippen LogP contribution in [0.3, 0.4) is 0 Å².